The lowest BCUT2D eigenvalue weighted by Gasteiger charge is -2.23. The highest BCUT2D eigenvalue weighted by Gasteiger charge is 2.23. The molecular weight excluding hydrogens is 552 g/mol. The third-order valence-electron chi connectivity index (χ3n) is 7.10. The number of esters is 1. The summed E-state index contributed by atoms with van der Waals surface area (Å²) in [5, 5.41) is 3.23. The first-order chi connectivity index (χ1) is 21.4. The molecule has 4 aromatic rings. The fraction of sp³-hybridized carbons (Fsp3) is 0.216. The van der Waals surface area contributed by atoms with Gasteiger partial charge in [-0.2, -0.15) is 0 Å². The van der Waals surface area contributed by atoms with Crippen LogP contribution in [0, 0.1) is 0 Å². The van der Waals surface area contributed by atoms with Crippen LogP contribution < -0.4 is 10.1 Å². The van der Waals surface area contributed by atoms with E-state index in [1.54, 1.807) is 42.2 Å². The van der Waals surface area contributed by atoms with Gasteiger partial charge in [-0.1, -0.05) is 91.5 Å². The van der Waals surface area contributed by atoms with Gasteiger partial charge in [0.2, 0.25) is 5.91 Å². The molecule has 4 rings (SSSR count). The Morgan fingerprint density at radius 3 is 2.11 bits per heavy atom. The number of rotatable bonds is 15. The van der Waals surface area contributed by atoms with Crippen molar-refractivity contribution in [3.05, 3.63) is 144 Å². The Morgan fingerprint density at radius 2 is 1.45 bits per heavy atom. The minimum atomic E-state index is -0.710. The third kappa shape index (κ3) is 8.91. The molecule has 0 unspecified atom stereocenters. The number of benzene rings is 4. The number of carbonyl (C=O) groups is 3. The van der Waals surface area contributed by atoms with Gasteiger partial charge in [-0.15, -0.1) is 0 Å². The smallest absolute Gasteiger partial charge is 0.328 e. The van der Waals surface area contributed by atoms with Crippen LogP contribution in [0.15, 0.2) is 121 Å². The number of para-hydroxylation sites is 1. The van der Waals surface area contributed by atoms with Gasteiger partial charge in [0.25, 0.3) is 0 Å². The van der Waals surface area contributed by atoms with Gasteiger partial charge in [0.1, 0.15) is 11.8 Å². The van der Waals surface area contributed by atoms with Crippen LogP contribution in [-0.4, -0.2) is 48.9 Å². The fourth-order valence-corrected chi connectivity index (χ4v) is 4.80. The second kappa shape index (κ2) is 15.9. The summed E-state index contributed by atoms with van der Waals surface area (Å²) in [4.78, 5) is 40.4. The number of nitrogens with one attached hydrogen (secondary N) is 1. The molecule has 0 aliphatic rings. The number of nitrogens with zero attached hydrogens (tertiary/aromatic N) is 1. The van der Waals surface area contributed by atoms with Crippen LogP contribution in [-0.2, 0) is 27.3 Å². The van der Waals surface area contributed by atoms with Crippen molar-refractivity contribution in [1.29, 1.82) is 0 Å². The van der Waals surface area contributed by atoms with Crippen LogP contribution in [0.3, 0.4) is 0 Å². The number of methoxy groups -OCH3 is 1. The van der Waals surface area contributed by atoms with E-state index in [1.165, 1.54) is 7.11 Å². The molecule has 0 fully saturated rings. The minimum Gasteiger partial charge on any atom is -0.494 e. The Hall–Kier alpha value is -5.17. The number of hydrogen-bond acceptors (Lipinski definition) is 6. The number of ether oxygens (including phenoxy) is 2. The molecule has 7 nitrogen and oxygen atoms in total. The number of hydrogen-bond donors (Lipinski definition) is 1. The summed E-state index contributed by atoms with van der Waals surface area (Å²) in [5.74, 6) is 0.0534. The molecule has 0 spiro atoms. The van der Waals surface area contributed by atoms with Gasteiger partial charge in [0.15, 0.2) is 5.78 Å². The van der Waals surface area contributed by atoms with E-state index in [2.05, 4.69) is 11.9 Å². The molecule has 1 N–H and O–H groups in total. The molecule has 1 amide bonds. The predicted octanol–water partition coefficient (Wildman–Crippen LogP) is 6.49. The highest BCUT2D eigenvalue weighted by atomic mass is 16.5. The van der Waals surface area contributed by atoms with Crippen LogP contribution in [0.5, 0.6) is 5.75 Å². The summed E-state index contributed by atoms with van der Waals surface area (Å²) in [6, 6.07) is 32.9. The zero-order valence-corrected chi connectivity index (χ0v) is 25.2. The van der Waals surface area contributed by atoms with Gasteiger partial charge in [-0.3, -0.25) is 9.59 Å². The summed E-state index contributed by atoms with van der Waals surface area (Å²) >= 11 is 0. The molecule has 44 heavy (non-hydrogen) atoms. The average molecular weight is 591 g/mol. The van der Waals surface area contributed by atoms with E-state index in [0.29, 0.717) is 60.7 Å². The Morgan fingerprint density at radius 1 is 0.818 bits per heavy atom. The Labute approximate surface area is 259 Å². The van der Waals surface area contributed by atoms with Crippen molar-refractivity contribution in [2.75, 3.05) is 25.6 Å². The standard InChI is InChI=1S/C37H38N2O5/c1-27(2)36(41)39(26-29-13-6-4-7-14-29)23-12-24-44-31-21-19-28(20-22-31)25-34(37(42)43-3)38-33-18-11-10-17-32(33)35(40)30-15-8-5-9-16-30/h4-11,13-22,34,38H,1,12,23-26H2,2-3H3/t34-/m0/s1. The van der Waals surface area contributed by atoms with E-state index >= 15 is 0 Å². The first-order valence-electron chi connectivity index (χ1n) is 14.6. The largest absolute Gasteiger partial charge is 0.494 e. The first-order valence-corrected chi connectivity index (χ1v) is 14.6. The predicted molar refractivity (Wildman–Crippen MR) is 173 cm³/mol. The summed E-state index contributed by atoms with van der Waals surface area (Å²) in [5.41, 5.74) is 4.06. The second-order valence-corrected chi connectivity index (χ2v) is 10.5. The molecular formula is C37H38N2O5. The lowest BCUT2D eigenvalue weighted by molar-refractivity contribution is -0.141. The summed E-state index contributed by atoms with van der Waals surface area (Å²) < 4.78 is 11.0. The van der Waals surface area contributed by atoms with Crippen molar-refractivity contribution in [3.63, 3.8) is 0 Å². The zero-order chi connectivity index (χ0) is 31.3. The minimum absolute atomic E-state index is 0.0703. The molecule has 226 valence electrons. The molecule has 7 heteroatoms. The van der Waals surface area contributed by atoms with Crippen LogP contribution in [0.4, 0.5) is 5.69 Å². The van der Waals surface area contributed by atoms with Crippen LogP contribution in [0.25, 0.3) is 0 Å². The lowest BCUT2D eigenvalue weighted by Crippen LogP contribution is -2.33. The molecule has 0 aliphatic carbocycles. The summed E-state index contributed by atoms with van der Waals surface area (Å²) in [7, 11) is 1.35. The third-order valence-corrected chi connectivity index (χ3v) is 7.10. The van der Waals surface area contributed by atoms with Crippen LogP contribution in [0.2, 0.25) is 0 Å². The molecule has 0 saturated carbocycles. The van der Waals surface area contributed by atoms with Gasteiger partial charge in [-0.05, 0) is 48.7 Å². The van der Waals surface area contributed by atoms with Crippen molar-refractivity contribution in [2.45, 2.75) is 32.4 Å². The topological polar surface area (TPSA) is 84.9 Å². The fourth-order valence-electron chi connectivity index (χ4n) is 4.80. The molecule has 1 atom stereocenters. The van der Waals surface area contributed by atoms with Crippen LogP contribution >= 0.6 is 0 Å². The van der Waals surface area contributed by atoms with E-state index in [1.807, 2.05) is 78.9 Å². The molecule has 4 aromatic carbocycles. The highest BCUT2D eigenvalue weighted by molar-refractivity contribution is 6.12. The maximum Gasteiger partial charge on any atom is 0.328 e. The van der Waals surface area contributed by atoms with Gasteiger partial charge in [0.05, 0.1) is 13.7 Å². The molecule has 0 bridgehead atoms. The van der Waals surface area contributed by atoms with E-state index < -0.39 is 12.0 Å². The Kier molecular flexibility index (Phi) is 11.5. The molecule has 0 aromatic heterocycles. The lowest BCUT2D eigenvalue weighted by atomic mass is 10.00. The van der Waals surface area contributed by atoms with Crippen molar-refractivity contribution in [3.8, 4) is 5.75 Å². The number of amides is 1. The normalized spacial score (nSPS) is 11.2. The zero-order valence-electron chi connectivity index (χ0n) is 25.2. The van der Waals surface area contributed by atoms with Gasteiger partial charge in [0, 0.05) is 41.9 Å². The Balaban J connectivity index is 1.35. The van der Waals surface area contributed by atoms with Crippen LogP contribution in [0.1, 0.15) is 40.4 Å². The van der Waals surface area contributed by atoms with Crippen molar-refractivity contribution >= 4 is 23.3 Å². The van der Waals surface area contributed by atoms with E-state index in [9.17, 15) is 14.4 Å². The quantitative estimate of drug-likeness (QED) is 0.0738. The number of ketones is 1. The highest BCUT2D eigenvalue weighted by Crippen LogP contribution is 2.22. The van der Waals surface area contributed by atoms with Gasteiger partial charge < -0.3 is 19.7 Å². The van der Waals surface area contributed by atoms with Crippen molar-refractivity contribution in [1.82, 2.24) is 4.90 Å². The van der Waals surface area contributed by atoms with E-state index in [0.717, 1.165) is 11.1 Å². The van der Waals surface area contributed by atoms with Crippen molar-refractivity contribution < 1.29 is 23.9 Å². The number of carbonyl (C=O) groups excluding carboxylic acids is 3. The maximum atomic E-state index is 13.2. The molecule has 0 aliphatic heterocycles. The van der Waals surface area contributed by atoms with Gasteiger partial charge in [-0.25, -0.2) is 4.79 Å². The molecule has 0 heterocycles. The van der Waals surface area contributed by atoms with Crippen molar-refractivity contribution in [2.24, 2.45) is 0 Å². The van der Waals surface area contributed by atoms with E-state index in [4.69, 9.17) is 9.47 Å². The maximum absolute atomic E-state index is 13.2. The second-order valence-electron chi connectivity index (χ2n) is 10.5. The monoisotopic (exact) mass is 590 g/mol. The summed E-state index contributed by atoms with van der Waals surface area (Å²) in [6.07, 6.45) is 1.00. The molecule has 0 saturated heterocycles. The number of anilines is 1. The SMILES string of the molecule is C=C(C)C(=O)N(CCCOc1ccc(C[C@H](Nc2ccccc2C(=O)c2ccccc2)C(=O)OC)cc1)Cc1ccccc1. The van der Waals surface area contributed by atoms with E-state index in [-0.39, 0.29) is 11.7 Å². The Bertz CT molecular complexity index is 1550. The average Bonchev–Trinajstić information content (AvgIpc) is 3.06. The molecule has 0 radical (unpaired) electrons. The summed E-state index contributed by atoms with van der Waals surface area (Å²) in [6.45, 7) is 7.03. The first kappa shape index (κ1) is 31.8. The van der Waals surface area contributed by atoms with Gasteiger partial charge >= 0.3 is 5.97 Å².